The van der Waals surface area contributed by atoms with Gasteiger partial charge in [-0.25, -0.2) is 9.59 Å². The summed E-state index contributed by atoms with van der Waals surface area (Å²) in [4.78, 5) is 23.2. The molecule has 2 rings (SSSR count). The number of carboxylic acids is 1. The largest absolute Gasteiger partial charge is 0.493 e. The van der Waals surface area contributed by atoms with Gasteiger partial charge in [-0.05, 0) is 43.3 Å². The molecule has 5 nitrogen and oxygen atoms in total. The minimum Gasteiger partial charge on any atom is -0.493 e. The lowest BCUT2D eigenvalue weighted by Crippen LogP contribution is -2.11. The lowest BCUT2D eigenvalue weighted by Gasteiger charge is -2.10. The number of halogens is 1. The molecule has 2 aromatic rings. The van der Waals surface area contributed by atoms with E-state index in [0.29, 0.717) is 16.8 Å². The van der Waals surface area contributed by atoms with Crippen molar-refractivity contribution in [2.24, 2.45) is 0 Å². The van der Waals surface area contributed by atoms with E-state index < -0.39 is 11.9 Å². The molecule has 0 saturated heterocycles. The van der Waals surface area contributed by atoms with Crippen molar-refractivity contribution in [1.82, 2.24) is 0 Å². The summed E-state index contributed by atoms with van der Waals surface area (Å²) in [6, 6.07) is 10.8. The number of benzene rings is 2. The number of carbonyl (C=O) groups is 2. The fourth-order valence-corrected chi connectivity index (χ4v) is 2.16. The van der Waals surface area contributed by atoms with Crippen LogP contribution in [0, 0.1) is 0 Å². The van der Waals surface area contributed by atoms with Gasteiger partial charge in [-0.1, -0.05) is 22.0 Å². The molecule has 0 bridgehead atoms. The van der Waals surface area contributed by atoms with Crippen LogP contribution in [0.1, 0.15) is 27.6 Å². The van der Waals surface area contributed by atoms with Gasteiger partial charge in [-0.2, -0.15) is 0 Å². The number of carbonyl (C=O) groups excluding carboxylic acids is 1. The van der Waals surface area contributed by atoms with E-state index in [1.807, 2.05) is 6.92 Å². The number of rotatable bonds is 5. The predicted octanol–water partition coefficient (Wildman–Crippen LogP) is 3.77. The monoisotopic (exact) mass is 364 g/mol. The van der Waals surface area contributed by atoms with Gasteiger partial charge in [-0.3, -0.25) is 0 Å². The van der Waals surface area contributed by atoms with Crippen LogP contribution in [0.15, 0.2) is 46.9 Å². The van der Waals surface area contributed by atoms with Gasteiger partial charge in [0, 0.05) is 4.47 Å². The third-order valence-corrected chi connectivity index (χ3v) is 3.25. The Balaban J connectivity index is 2.27. The third-order valence-electron chi connectivity index (χ3n) is 2.75. The molecule has 22 heavy (non-hydrogen) atoms. The van der Waals surface area contributed by atoms with E-state index in [4.69, 9.17) is 14.6 Å². The van der Waals surface area contributed by atoms with Crippen LogP contribution in [-0.4, -0.2) is 23.7 Å². The molecule has 114 valence electrons. The Morgan fingerprint density at radius 3 is 2.64 bits per heavy atom. The fourth-order valence-electron chi connectivity index (χ4n) is 1.80. The average molecular weight is 365 g/mol. The van der Waals surface area contributed by atoms with E-state index in [2.05, 4.69) is 15.9 Å². The lowest BCUT2D eigenvalue weighted by atomic mass is 10.2. The first-order valence-electron chi connectivity index (χ1n) is 6.49. The SMILES string of the molecule is CCOc1ccc(Br)cc1C(=O)Oc1cccc(C(=O)O)c1. The first kappa shape index (κ1) is 16.0. The zero-order valence-corrected chi connectivity index (χ0v) is 13.3. The number of carboxylic acid groups (broad SMARTS) is 1. The smallest absolute Gasteiger partial charge is 0.347 e. The number of ether oxygens (including phenoxy) is 2. The molecule has 0 amide bonds. The van der Waals surface area contributed by atoms with Gasteiger partial charge in [0.1, 0.15) is 17.1 Å². The predicted molar refractivity (Wildman–Crippen MR) is 83.7 cm³/mol. The number of hydrogen-bond acceptors (Lipinski definition) is 4. The van der Waals surface area contributed by atoms with Gasteiger partial charge in [0.25, 0.3) is 0 Å². The van der Waals surface area contributed by atoms with Gasteiger partial charge in [0.15, 0.2) is 0 Å². The highest BCUT2D eigenvalue weighted by atomic mass is 79.9. The van der Waals surface area contributed by atoms with E-state index in [0.717, 1.165) is 0 Å². The highest BCUT2D eigenvalue weighted by Crippen LogP contribution is 2.25. The van der Waals surface area contributed by atoms with Crippen LogP contribution < -0.4 is 9.47 Å². The summed E-state index contributed by atoms with van der Waals surface area (Å²) in [5, 5.41) is 8.94. The van der Waals surface area contributed by atoms with Crippen LogP contribution in [0.5, 0.6) is 11.5 Å². The minimum absolute atomic E-state index is 0.0459. The molecule has 0 aliphatic carbocycles. The second-order valence-corrected chi connectivity index (χ2v) is 5.21. The van der Waals surface area contributed by atoms with Crippen LogP contribution >= 0.6 is 15.9 Å². The Bertz CT molecular complexity index is 711. The molecule has 0 radical (unpaired) electrons. The lowest BCUT2D eigenvalue weighted by molar-refractivity contribution is 0.0686. The van der Waals surface area contributed by atoms with Gasteiger partial charge < -0.3 is 14.6 Å². The first-order chi connectivity index (χ1) is 10.5. The Kier molecular flexibility index (Phi) is 5.16. The summed E-state index contributed by atoms with van der Waals surface area (Å²) in [7, 11) is 0. The molecule has 1 N–H and O–H groups in total. The Morgan fingerprint density at radius 2 is 1.95 bits per heavy atom. The van der Waals surface area contributed by atoms with Gasteiger partial charge in [0.2, 0.25) is 0 Å². The molecule has 0 aromatic heterocycles. The molecule has 0 saturated carbocycles. The molecule has 0 fully saturated rings. The molecule has 2 aromatic carbocycles. The fraction of sp³-hybridized carbons (Fsp3) is 0.125. The molecule has 0 unspecified atom stereocenters. The van der Waals surface area contributed by atoms with Crippen LogP contribution in [0.3, 0.4) is 0 Å². The van der Waals surface area contributed by atoms with Gasteiger partial charge >= 0.3 is 11.9 Å². The summed E-state index contributed by atoms with van der Waals surface area (Å²) < 4.78 is 11.3. The van der Waals surface area contributed by atoms with E-state index >= 15 is 0 Å². The van der Waals surface area contributed by atoms with Crippen molar-refractivity contribution < 1.29 is 24.2 Å². The average Bonchev–Trinajstić information content (AvgIpc) is 2.49. The topological polar surface area (TPSA) is 72.8 Å². The van der Waals surface area contributed by atoms with Crippen molar-refractivity contribution in [1.29, 1.82) is 0 Å². The third kappa shape index (κ3) is 3.85. The quantitative estimate of drug-likeness (QED) is 0.645. The van der Waals surface area contributed by atoms with Crippen LogP contribution in [0.25, 0.3) is 0 Å². The van der Waals surface area contributed by atoms with Crippen LogP contribution in [0.4, 0.5) is 0 Å². The van der Waals surface area contributed by atoms with Crippen molar-refractivity contribution in [2.45, 2.75) is 6.92 Å². The summed E-state index contributed by atoms with van der Waals surface area (Å²) in [6.45, 7) is 2.23. The molecule has 0 spiro atoms. The second-order valence-electron chi connectivity index (χ2n) is 4.30. The van der Waals surface area contributed by atoms with E-state index in [1.54, 1.807) is 18.2 Å². The van der Waals surface area contributed by atoms with Crippen molar-refractivity contribution in [2.75, 3.05) is 6.61 Å². The standard InChI is InChI=1S/C16H13BrO5/c1-2-21-14-7-6-11(17)9-13(14)16(20)22-12-5-3-4-10(8-12)15(18)19/h3-9H,2H2,1H3,(H,18,19). The van der Waals surface area contributed by atoms with Gasteiger partial charge in [0.05, 0.1) is 12.2 Å². The Labute approximate surface area is 135 Å². The molecule has 6 heteroatoms. The van der Waals surface area contributed by atoms with E-state index in [1.165, 1.54) is 24.3 Å². The molecular formula is C16H13BrO5. The molecule has 0 atom stereocenters. The molecule has 0 heterocycles. The first-order valence-corrected chi connectivity index (χ1v) is 7.28. The van der Waals surface area contributed by atoms with E-state index in [9.17, 15) is 9.59 Å². The zero-order valence-electron chi connectivity index (χ0n) is 11.7. The summed E-state index contributed by atoms with van der Waals surface area (Å²) in [5.74, 6) is -1.14. The summed E-state index contributed by atoms with van der Waals surface area (Å²) >= 11 is 3.29. The second kappa shape index (κ2) is 7.09. The molecule has 0 aliphatic rings. The van der Waals surface area contributed by atoms with Crippen LogP contribution in [-0.2, 0) is 0 Å². The maximum Gasteiger partial charge on any atom is 0.347 e. The highest BCUT2D eigenvalue weighted by molar-refractivity contribution is 9.10. The Hall–Kier alpha value is -2.34. The van der Waals surface area contributed by atoms with Crippen molar-refractivity contribution in [3.05, 3.63) is 58.1 Å². The number of esters is 1. The normalized spacial score (nSPS) is 10.1. The minimum atomic E-state index is -1.09. The number of aromatic carboxylic acids is 1. The van der Waals surface area contributed by atoms with Crippen molar-refractivity contribution in [3.8, 4) is 11.5 Å². The molecular weight excluding hydrogens is 352 g/mol. The summed E-state index contributed by atoms with van der Waals surface area (Å²) in [5.41, 5.74) is 0.307. The molecule has 0 aliphatic heterocycles. The Morgan fingerprint density at radius 1 is 1.18 bits per heavy atom. The number of hydrogen-bond donors (Lipinski definition) is 1. The van der Waals surface area contributed by atoms with Gasteiger partial charge in [-0.15, -0.1) is 0 Å². The van der Waals surface area contributed by atoms with Crippen molar-refractivity contribution in [3.63, 3.8) is 0 Å². The van der Waals surface area contributed by atoms with Crippen molar-refractivity contribution >= 4 is 27.9 Å². The van der Waals surface area contributed by atoms with E-state index in [-0.39, 0.29) is 16.9 Å². The maximum atomic E-state index is 12.3. The maximum absolute atomic E-state index is 12.3. The zero-order chi connectivity index (χ0) is 16.1. The highest BCUT2D eigenvalue weighted by Gasteiger charge is 2.16. The summed E-state index contributed by atoms with van der Waals surface area (Å²) in [6.07, 6.45) is 0. The van der Waals surface area contributed by atoms with Crippen LogP contribution in [0.2, 0.25) is 0 Å².